The maximum absolute atomic E-state index is 14.7. The molecule has 0 N–H and O–H groups in total. The minimum atomic E-state index is -2.70. The molecule has 4 heteroatoms. The van der Waals surface area contributed by atoms with Gasteiger partial charge in [-0.2, -0.15) is 9.83 Å². The van der Waals surface area contributed by atoms with Gasteiger partial charge in [-0.05, 0) is 66.9 Å². The number of halogens is 1. The molecular formula is C33H30FN2O+. The minimum Gasteiger partial charge on any atom is -0.454 e. The summed E-state index contributed by atoms with van der Waals surface area (Å²) in [5.41, 5.74) is 1.83. The van der Waals surface area contributed by atoms with E-state index >= 15 is 0 Å². The molecule has 0 spiro atoms. The van der Waals surface area contributed by atoms with E-state index in [0.717, 1.165) is 25.5 Å². The van der Waals surface area contributed by atoms with Crippen LogP contribution in [0.1, 0.15) is 71.2 Å². The summed E-state index contributed by atoms with van der Waals surface area (Å²) in [6.07, 6.45) is 4.48. The number of benzene rings is 3. The van der Waals surface area contributed by atoms with E-state index in [2.05, 4.69) is 6.07 Å². The van der Waals surface area contributed by atoms with Crippen LogP contribution in [0.25, 0.3) is 44.3 Å². The Morgan fingerprint density at radius 3 is 2.43 bits per heavy atom. The number of nitriles is 1. The van der Waals surface area contributed by atoms with Crippen LogP contribution in [-0.4, -0.2) is 0 Å². The summed E-state index contributed by atoms with van der Waals surface area (Å²) >= 11 is 0. The first-order valence-electron chi connectivity index (χ1n) is 16.4. The molecule has 0 amide bonds. The number of aromatic nitrogens is 1. The summed E-state index contributed by atoms with van der Waals surface area (Å²) in [6.45, 7) is -0.888. The molecule has 184 valence electrons. The molecule has 0 aliphatic heterocycles. The second-order valence-corrected chi connectivity index (χ2v) is 9.66. The second-order valence-electron chi connectivity index (χ2n) is 9.66. The molecule has 1 saturated carbocycles. The maximum atomic E-state index is 14.7. The Balaban J connectivity index is 1.69. The number of aryl methyl sites for hydroxylation is 3. The zero-order valence-electron chi connectivity index (χ0n) is 28.7. The van der Waals surface area contributed by atoms with Crippen molar-refractivity contribution in [3.8, 4) is 28.5 Å². The SMILES string of the molecule is [2H]c1c([2H])c(C2([2H])CCCCC2)c([2H])c([2H])c1-c1c(C#N)ccc2c1oc1c(-c3cc(C([2H])([2H])[2H])c(F)c[n+]3C)c(C)ccc12. The van der Waals surface area contributed by atoms with Gasteiger partial charge in [0, 0.05) is 27.9 Å². The maximum Gasteiger partial charge on any atom is 0.216 e. The number of nitrogens with zero attached hydrogens (tertiary/aromatic N) is 2. The van der Waals surface area contributed by atoms with Gasteiger partial charge < -0.3 is 4.42 Å². The van der Waals surface area contributed by atoms with Crippen LogP contribution in [0.15, 0.2) is 65.1 Å². The highest BCUT2D eigenvalue weighted by molar-refractivity contribution is 6.14. The lowest BCUT2D eigenvalue weighted by molar-refractivity contribution is -0.662. The van der Waals surface area contributed by atoms with E-state index < -0.39 is 24.1 Å². The zero-order valence-corrected chi connectivity index (χ0v) is 20.7. The van der Waals surface area contributed by atoms with Crippen molar-refractivity contribution in [2.24, 2.45) is 7.05 Å². The molecule has 6 rings (SSSR count). The standard InChI is InChI=1S/C33H30FN2O/c1-20-9-15-26-27-16-14-25(18-35)31(24-12-10-23(11-13-24)22-7-5-4-6-8-22)33(27)37-32(26)30(20)29-17-21(2)28(34)19-36(29)3/h9-17,19,22H,4-8H2,1-3H3/q+1/i2D3,10D,11D,12D,13D,22D. The highest BCUT2D eigenvalue weighted by Crippen LogP contribution is 2.42. The molecule has 2 heterocycles. The number of hydrogen-bond donors (Lipinski definition) is 0. The third kappa shape index (κ3) is 3.90. The van der Waals surface area contributed by atoms with Gasteiger partial charge in [0.25, 0.3) is 0 Å². The molecule has 0 unspecified atom stereocenters. The van der Waals surface area contributed by atoms with E-state index in [1.54, 1.807) is 19.2 Å². The van der Waals surface area contributed by atoms with Crippen LogP contribution in [0.2, 0.25) is 0 Å². The highest BCUT2D eigenvalue weighted by Gasteiger charge is 2.24. The largest absolute Gasteiger partial charge is 0.454 e. The Morgan fingerprint density at radius 2 is 1.73 bits per heavy atom. The molecule has 0 atom stereocenters. The first kappa shape index (κ1) is 16.0. The van der Waals surface area contributed by atoms with Gasteiger partial charge in [-0.25, -0.2) is 4.39 Å². The topological polar surface area (TPSA) is 40.8 Å². The molecule has 37 heavy (non-hydrogen) atoms. The molecule has 0 saturated heterocycles. The lowest BCUT2D eigenvalue weighted by atomic mass is 9.83. The monoisotopic (exact) mass is 497 g/mol. The van der Waals surface area contributed by atoms with Crippen molar-refractivity contribution in [1.82, 2.24) is 0 Å². The molecule has 2 aromatic heterocycles. The Labute approximate surface area is 228 Å². The van der Waals surface area contributed by atoms with Crippen LogP contribution in [0.5, 0.6) is 0 Å². The number of furan rings is 1. The quantitative estimate of drug-likeness (QED) is 0.235. The Bertz CT molecular complexity index is 2060. The molecule has 1 fully saturated rings. The van der Waals surface area contributed by atoms with E-state index in [1.807, 2.05) is 19.1 Å². The second kappa shape index (κ2) is 9.16. The van der Waals surface area contributed by atoms with E-state index in [9.17, 15) is 9.65 Å². The molecule has 5 aromatic rings. The van der Waals surface area contributed by atoms with Crippen molar-refractivity contribution in [3.05, 3.63) is 88.8 Å². The van der Waals surface area contributed by atoms with Crippen LogP contribution in [-0.2, 0) is 7.05 Å². The van der Waals surface area contributed by atoms with Crippen molar-refractivity contribution in [2.75, 3.05) is 0 Å². The van der Waals surface area contributed by atoms with Gasteiger partial charge in [-0.1, -0.05) is 55.6 Å². The summed E-state index contributed by atoms with van der Waals surface area (Å²) in [4.78, 5) is 0. The normalized spacial score (nSPS) is 18.6. The fourth-order valence-corrected chi connectivity index (χ4v) is 5.37. The minimum absolute atomic E-state index is 0.0722. The van der Waals surface area contributed by atoms with Gasteiger partial charge in [0.1, 0.15) is 18.2 Å². The Hall–Kier alpha value is -3.97. The van der Waals surface area contributed by atoms with Gasteiger partial charge in [-0.15, -0.1) is 0 Å². The molecule has 3 nitrogen and oxygen atoms in total. The predicted molar refractivity (Wildman–Crippen MR) is 146 cm³/mol. The summed E-state index contributed by atoms with van der Waals surface area (Å²) < 4.78 is 91.1. The number of hydrogen-bond acceptors (Lipinski definition) is 2. The van der Waals surface area contributed by atoms with Crippen molar-refractivity contribution >= 4 is 21.9 Å². The first-order valence-corrected chi connectivity index (χ1v) is 12.4. The third-order valence-corrected chi connectivity index (χ3v) is 7.31. The fraction of sp³-hybridized carbons (Fsp3) is 0.273. The smallest absolute Gasteiger partial charge is 0.216 e. The van der Waals surface area contributed by atoms with Gasteiger partial charge in [-0.3, -0.25) is 0 Å². The lowest BCUT2D eigenvalue weighted by Crippen LogP contribution is -2.31. The van der Waals surface area contributed by atoms with Crippen molar-refractivity contribution in [2.45, 2.75) is 51.8 Å². The van der Waals surface area contributed by atoms with Crippen molar-refractivity contribution < 1.29 is 24.3 Å². The lowest BCUT2D eigenvalue weighted by Gasteiger charge is -2.22. The molecule has 1 aliphatic rings. The fourth-order valence-electron chi connectivity index (χ4n) is 5.37. The first-order chi connectivity index (χ1) is 21.2. The summed E-state index contributed by atoms with van der Waals surface area (Å²) in [6, 6.07) is 8.96. The summed E-state index contributed by atoms with van der Waals surface area (Å²) in [5, 5.41) is 11.3. The van der Waals surface area contributed by atoms with Crippen LogP contribution >= 0.6 is 0 Å². The van der Waals surface area contributed by atoms with Crippen LogP contribution in [0.3, 0.4) is 0 Å². The van der Waals surface area contributed by atoms with Gasteiger partial charge in [0.2, 0.25) is 11.9 Å². The van der Waals surface area contributed by atoms with E-state index in [0.29, 0.717) is 46.0 Å². The van der Waals surface area contributed by atoms with Gasteiger partial charge in [0.15, 0.2) is 5.82 Å². The summed E-state index contributed by atoms with van der Waals surface area (Å²) in [5.74, 6) is -2.10. The Kier molecular flexibility index (Phi) is 3.96. The van der Waals surface area contributed by atoms with Crippen LogP contribution in [0, 0.1) is 30.9 Å². The van der Waals surface area contributed by atoms with Crippen LogP contribution in [0.4, 0.5) is 4.39 Å². The van der Waals surface area contributed by atoms with Crippen LogP contribution < -0.4 is 4.57 Å². The average Bonchev–Trinajstić information content (AvgIpc) is 3.35. The number of rotatable bonds is 3. The van der Waals surface area contributed by atoms with E-state index in [-0.39, 0.29) is 52.0 Å². The predicted octanol–water partition coefficient (Wildman–Crippen LogP) is 8.42. The number of fused-ring (bicyclic) bond motifs is 3. The van der Waals surface area contributed by atoms with Crippen molar-refractivity contribution in [1.29, 1.82) is 5.26 Å². The molecule has 3 aromatic carbocycles. The number of pyridine rings is 1. The Morgan fingerprint density at radius 1 is 1.03 bits per heavy atom. The third-order valence-electron chi connectivity index (χ3n) is 7.31. The highest BCUT2D eigenvalue weighted by atomic mass is 19.1. The van der Waals surface area contributed by atoms with Crippen molar-refractivity contribution in [3.63, 3.8) is 0 Å². The molecule has 0 radical (unpaired) electrons. The summed E-state index contributed by atoms with van der Waals surface area (Å²) in [7, 11) is 1.60. The van der Waals surface area contributed by atoms with Gasteiger partial charge in [0.05, 0.1) is 22.7 Å². The molecule has 1 aliphatic carbocycles. The molecule has 0 bridgehead atoms. The molecular weight excluding hydrogens is 459 g/mol. The van der Waals surface area contributed by atoms with Gasteiger partial charge >= 0.3 is 0 Å². The average molecular weight is 498 g/mol. The van der Waals surface area contributed by atoms with E-state index in [1.165, 1.54) is 10.6 Å². The van der Waals surface area contributed by atoms with E-state index in [4.69, 9.17) is 15.4 Å². The zero-order chi connectivity index (χ0) is 32.6.